The number of rotatable bonds is 19. The maximum Gasteiger partial charge on any atom is 0.100 e. The third-order valence-electron chi connectivity index (χ3n) is 4.81. The van der Waals surface area contributed by atoms with E-state index in [1.165, 1.54) is 89.9 Å². The molecule has 0 aliphatic carbocycles. The molecule has 0 saturated heterocycles. The number of hydrogen-bond donors (Lipinski definition) is 2. The predicted octanol–water partition coefficient (Wildman–Crippen LogP) is 5.47. The quantitative estimate of drug-likeness (QED) is 0.305. The van der Waals surface area contributed by atoms with Gasteiger partial charge in [0.05, 0.1) is 13.2 Å². The van der Waals surface area contributed by atoms with Crippen LogP contribution in [0.3, 0.4) is 0 Å². The van der Waals surface area contributed by atoms with Gasteiger partial charge < -0.3 is 14.9 Å². The zero-order valence-corrected chi connectivity index (χ0v) is 16.5. The molecule has 0 fully saturated rings. The lowest BCUT2D eigenvalue weighted by Crippen LogP contribution is -2.22. The van der Waals surface area contributed by atoms with Crippen molar-refractivity contribution in [1.29, 1.82) is 0 Å². The molecule has 0 aromatic carbocycles. The lowest BCUT2D eigenvalue weighted by molar-refractivity contribution is -0.00677. The van der Waals surface area contributed by atoms with Crippen molar-refractivity contribution in [2.24, 2.45) is 5.92 Å². The summed E-state index contributed by atoms with van der Waals surface area (Å²) in [5, 5.41) is 18.2. The van der Waals surface area contributed by atoms with Crippen LogP contribution in [0.5, 0.6) is 0 Å². The van der Waals surface area contributed by atoms with E-state index in [1.54, 1.807) is 0 Å². The molecule has 0 aromatic rings. The van der Waals surface area contributed by atoms with Crippen molar-refractivity contribution < 1.29 is 14.9 Å². The third kappa shape index (κ3) is 16.7. The summed E-state index contributed by atoms with van der Waals surface area (Å²) in [5.41, 5.74) is 0. The molecule has 0 aromatic heterocycles. The first-order valence-electron chi connectivity index (χ1n) is 10.6. The predicted molar refractivity (Wildman–Crippen MR) is 103 cm³/mol. The fourth-order valence-corrected chi connectivity index (χ4v) is 3.16. The minimum Gasteiger partial charge on any atom is -0.394 e. The first kappa shape index (κ1) is 23.9. The van der Waals surface area contributed by atoms with Crippen LogP contribution in [-0.4, -0.2) is 36.1 Å². The third-order valence-corrected chi connectivity index (χ3v) is 4.81. The molecule has 0 amide bonds. The normalized spacial score (nSPS) is 14.0. The van der Waals surface area contributed by atoms with Crippen molar-refractivity contribution in [3.05, 3.63) is 0 Å². The molecule has 24 heavy (non-hydrogen) atoms. The Balaban J connectivity index is 3.75. The van der Waals surface area contributed by atoms with Crippen LogP contribution in [0, 0.1) is 5.92 Å². The molecule has 0 spiro atoms. The molecule has 0 heterocycles. The summed E-state index contributed by atoms with van der Waals surface area (Å²) >= 11 is 0. The van der Waals surface area contributed by atoms with Crippen molar-refractivity contribution in [2.45, 2.75) is 110 Å². The van der Waals surface area contributed by atoms with Crippen molar-refractivity contribution in [3.63, 3.8) is 0 Å². The van der Waals surface area contributed by atoms with Crippen molar-refractivity contribution in [3.8, 4) is 0 Å². The van der Waals surface area contributed by atoms with E-state index in [4.69, 9.17) is 9.84 Å². The minimum absolute atomic E-state index is 0.209. The Labute approximate surface area is 151 Å². The maximum atomic E-state index is 9.38. The summed E-state index contributed by atoms with van der Waals surface area (Å²) < 4.78 is 5.62. The topological polar surface area (TPSA) is 49.7 Å². The van der Waals surface area contributed by atoms with Crippen LogP contribution < -0.4 is 0 Å². The Kier molecular flexibility index (Phi) is 19.1. The van der Waals surface area contributed by atoms with Gasteiger partial charge in [0.2, 0.25) is 0 Å². The molecule has 2 N–H and O–H groups in total. The highest BCUT2D eigenvalue weighted by molar-refractivity contribution is 4.61. The smallest absolute Gasteiger partial charge is 0.100 e. The molecule has 2 atom stereocenters. The maximum absolute atomic E-state index is 9.38. The first-order valence-corrected chi connectivity index (χ1v) is 10.6. The second kappa shape index (κ2) is 19.2. The van der Waals surface area contributed by atoms with E-state index in [2.05, 4.69) is 13.8 Å². The lowest BCUT2D eigenvalue weighted by Gasteiger charge is -2.18. The van der Waals surface area contributed by atoms with Gasteiger partial charge in [-0.1, -0.05) is 90.9 Å². The fraction of sp³-hybridized carbons (Fsp3) is 1.00. The van der Waals surface area contributed by atoms with E-state index >= 15 is 0 Å². The zero-order valence-electron chi connectivity index (χ0n) is 16.5. The summed E-state index contributed by atoms with van der Waals surface area (Å²) in [5.74, 6) is 0.618. The van der Waals surface area contributed by atoms with E-state index in [0.717, 1.165) is 6.61 Å². The lowest BCUT2D eigenvalue weighted by atomic mass is 9.95. The highest BCUT2D eigenvalue weighted by Gasteiger charge is 2.10. The summed E-state index contributed by atoms with van der Waals surface area (Å²) in [7, 11) is 0. The van der Waals surface area contributed by atoms with Crippen LogP contribution >= 0.6 is 0 Å². The number of aliphatic hydroxyl groups excluding tert-OH is 2. The van der Waals surface area contributed by atoms with Gasteiger partial charge in [0.25, 0.3) is 0 Å². The van der Waals surface area contributed by atoms with Crippen molar-refractivity contribution >= 4 is 0 Å². The standard InChI is InChI=1S/C21H44O3/c1-3-5-7-9-10-11-12-14-16-20(15-13-8-6-4-2)18-24-19-21(23)17-22/h20-23H,3-19H2,1-2H3. The number of ether oxygens (including phenoxy) is 1. The van der Waals surface area contributed by atoms with Gasteiger partial charge in [0.1, 0.15) is 6.10 Å². The summed E-state index contributed by atoms with van der Waals surface area (Å²) in [4.78, 5) is 0. The minimum atomic E-state index is -0.728. The van der Waals surface area contributed by atoms with Crippen LogP contribution in [0.15, 0.2) is 0 Å². The Hall–Kier alpha value is -0.120. The fourth-order valence-electron chi connectivity index (χ4n) is 3.16. The molecule has 0 aliphatic heterocycles. The molecule has 3 heteroatoms. The second-order valence-corrected chi connectivity index (χ2v) is 7.35. The van der Waals surface area contributed by atoms with Crippen LogP contribution in [-0.2, 0) is 4.74 Å². The molecule has 0 bridgehead atoms. The van der Waals surface area contributed by atoms with Crippen LogP contribution in [0.25, 0.3) is 0 Å². The first-order chi connectivity index (χ1) is 11.7. The number of hydrogen-bond acceptors (Lipinski definition) is 3. The van der Waals surface area contributed by atoms with Crippen molar-refractivity contribution in [1.82, 2.24) is 0 Å². The molecule has 146 valence electrons. The van der Waals surface area contributed by atoms with Gasteiger partial charge >= 0.3 is 0 Å². The number of unbranched alkanes of at least 4 members (excludes halogenated alkanes) is 10. The summed E-state index contributed by atoms with van der Waals surface area (Å²) in [6, 6.07) is 0. The molecule has 0 aliphatic rings. The van der Waals surface area contributed by atoms with Gasteiger partial charge in [-0.25, -0.2) is 0 Å². The van der Waals surface area contributed by atoms with Gasteiger partial charge in [-0.3, -0.25) is 0 Å². The van der Waals surface area contributed by atoms with Crippen LogP contribution in [0.1, 0.15) is 104 Å². The molecule has 0 saturated carbocycles. The van der Waals surface area contributed by atoms with Gasteiger partial charge in [-0.05, 0) is 18.8 Å². The highest BCUT2D eigenvalue weighted by atomic mass is 16.5. The molecule has 0 rings (SSSR count). The van der Waals surface area contributed by atoms with E-state index in [1.807, 2.05) is 0 Å². The molecule has 2 unspecified atom stereocenters. The Morgan fingerprint density at radius 3 is 1.62 bits per heavy atom. The van der Waals surface area contributed by atoms with Crippen LogP contribution in [0.2, 0.25) is 0 Å². The SMILES string of the molecule is CCCCCCCCCCC(CCCCCC)COCC(O)CO. The summed E-state index contributed by atoms with van der Waals surface area (Å²) in [6.45, 7) is 5.30. The molecular weight excluding hydrogens is 300 g/mol. The van der Waals surface area contributed by atoms with Gasteiger partial charge in [0.15, 0.2) is 0 Å². The van der Waals surface area contributed by atoms with Gasteiger partial charge in [0, 0.05) is 6.61 Å². The zero-order chi connectivity index (χ0) is 17.9. The molecular formula is C21H44O3. The van der Waals surface area contributed by atoms with E-state index in [-0.39, 0.29) is 13.2 Å². The number of aliphatic hydroxyl groups is 2. The van der Waals surface area contributed by atoms with Crippen LogP contribution in [0.4, 0.5) is 0 Å². The largest absolute Gasteiger partial charge is 0.394 e. The van der Waals surface area contributed by atoms with E-state index < -0.39 is 6.10 Å². The molecule has 3 nitrogen and oxygen atoms in total. The Morgan fingerprint density at radius 1 is 0.667 bits per heavy atom. The average molecular weight is 345 g/mol. The van der Waals surface area contributed by atoms with Gasteiger partial charge in [-0.15, -0.1) is 0 Å². The summed E-state index contributed by atoms with van der Waals surface area (Å²) in [6.07, 6.45) is 17.9. The molecule has 0 radical (unpaired) electrons. The highest BCUT2D eigenvalue weighted by Crippen LogP contribution is 2.19. The second-order valence-electron chi connectivity index (χ2n) is 7.35. The van der Waals surface area contributed by atoms with E-state index in [0.29, 0.717) is 5.92 Å². The average Bonchev–Trinajstić information content (AvgIpc) is 2.60. The Bertz CT molecular complexity index is 233. The Morgan fingerprint density at radius 2 is 1.12 bits per heavy atom. The van der Waals surface area contributed by atoms with E-state index in [9.17, 15) is 5.11 Å². The van der Waals surface area contributed by atoms with Gasteiger partial charge in [-0.2, -0.15) is 0 Å². The monoisotopic (exact) mass is 344 g/mol. The van der Waals surface area contributed by atoms with Crippen molar-refractivity contribution in [2.75, 3.05) is 19.8 Å².